The first kappa shape index (κ1) is 25.7. The molecule has 0 atom stereocenters. The number of benzene rings is 2. The third kappa shape index (κ3) is 5.07. The summed E-state index contributed by atoms with van der Waals surface area (Å²) in [5, 5.41) is 0. The van der Waals surface area contributed by atoms with Gasteiger partial charge >= 0.3 is 0 Å². The molecule has 192 valence electrons. The van der Waals surface area contributed by atoms with E-state index in [-0.39, 0.29) is 22.9 Å². The number of aromatic nitrogens is 2. The maximum absolute atomic E-state index is 13.6. The number of amides is 1. The van der Waals surface area contributed by atoms with E-state index in [0.29, 0.717) is 33.6 Å². The van der Waals surface area contributed by atoms with E-state index >= 15 is 0 Å². The van der Waals surface area contributed by atoms with Crippen molar-refractivity contribution in [2.24, 2.45) is 0 Å². The lowest BCUT2D eigenvalue weighted by Gasteiger charge is -2.14. The van der Waals surface area contributed by atoms with Gasteiger partial charge in [0.25, 0.3) is 11.5 Å². The van der Waals surface area contributed by atoms with Gasteiger partial charge in [-0.25, -0.2) is 0 Å². The average Bonchev–Trinajstić information content (AvgIpc) is 3.19. The number of thiocarbonyl (C=S) groups is 1. The van der Waals surface area contributed by atoms with Crippen molar-refractivity contribution >= 4 is 45.9 Å². The monoisotopic (exact) mass is 543 g/mol. The van der Waals surface area contributed by atoms with Crippen LogP contribution in [-0.2, 0) is 11.2 Å². The van der Waals surface area contributed by atoms with Crippen molar-refractivity contribution in [3.63, 3.8) is 0 Å². The zero-order valence-corrected chi connectivity index (χ0v) is 22.8. The highest BCUT2D eigenvalue weighted by Crippen LogP contribution is 2.34. The highest BCUT2D eigenvalue weighted by atomic mass is 32.2. The molecular weight excluding hydrogens is 518 g/mol. The number of fused-ring (bicyclic) bond motifs is 1. The molecule has 0 saturated carbocycles. The van der Waals surface area contributed by atoms with Crippen LogP contribution in [0.2, 0.25) is 0 Å². The van der Waals surface area contributed by atoms with Crippen molar-refractivity contribution < 1.29 is 14.3 Å². The highest BCUT2D eigenvalue weighted by molar-refractivity contribution is 8.26. The summed E-state index contributed by atoms with van der Waals surface area (Å²) >= 11 is 6.70. The Bertz CT molecular complexity index is 1640. The van der Waals surface area contributed by atoms with Gasteiger partial charge in [0.15, 0.2) is 0 Å². The fourth-order valence-electron chi connectivity index (χ4n) is 4.13. The molecule has 0 unspecified atom stereocenters. The molecule has 5 rings (SSSR count). The SMILES string of the molecule is COc1ccc(CCN2C(=O)/C(=C\c3c(Oc4ccccc4C)nc4c(C)cccn4c3=O)SC2=S)cc1. The molecule has 1 aliphatic rings. The van der Waals surface area contributed by atoms with E-state index in [4.69, 9.17) is 21.7 Å². The van der Waals surface area contributed by atoms with Crippen LogP contribution in [0, 0.1) is 13.8 Å². The summed E-state index contributed by atoms with van der Waals surface area (Å²) in [6, 6.07) is 18.9. The second-order valence-electron chi connectivity index (χ2n) is 8.82. The van der Waals surface area contributed by atoms with Crippen molar-refractivity contribution in [3.05, 3.63) is 104 Å². The number of methoxy groups -OCH3 is 1. The molecule has 1 amide bonds. The maximum Gasteiger partial charge on any atom is 0.269 e. The normalized spacial score (nSPS) is 14.5. The molecule has 0 bridgehead atoms. The van der Waals surface area contributed by atoms with Gasteiger partial charge in [-0.2, -0.15) is 4.98 Å². The largest absolute Gasteiger partial charge is 0.497 e. The summed E-state index contributed by atoms with van der Waals surface area (Å²) in [5.41, 5.74) is 3.14. The number of carbonyl (C=O) groups is 1. The summed E-state index contributed by atoms with van der Waals surface area (Å²) in [7, 11) is 1.62. The Hall–Kier alpha value is -3.95. The Morgan fingerprint density at radius 2 is 1.74 bits per heavy atom. The van der Waals surface area contributed by atoms with Crippen LogP contribution in [0.4, 0.5) is 0 Å². The third-order valence-electron chi connectivity index (χ3n) is 6.28. The van der Waals surface area contributed by atoms with Crippen LogP contribution in [0.5, 0.6) is 17.4 Å². The number of hydrogen-bond donors (Lipinski definition) is 0. The van der Waals surface area contributed by atoms with Crippen LogP contribution >= 0.6 is 24.0 Å². The first-order valence-electron chi connectivity index (χ1n) is 12.0. The molecule has 38 heavy (non-hydrogen) atoms. The Morgan fingerprint density at radius 3 is 2.47 bits per heavy atom. The summed E-state index contributed by atoms with van der Waals surface area (Å²) < 4.78 is 13.3. The predicted octanol–water partition coefficient (Wildman–Crippen LogP) is 5.56. The van der Waals surface area contributed by atoms with Crippen molar-refractivity contribution in [2.45, 2.75) is 20.3 Å². The predicted molar refractivity (Wildman–Crippen MR) is 154 cm³/mol. The average molecular weight is 544 g/mol. The van der Waals surface area contributed by atoms with E-state index in [9.17, 15) is 9.59 Å². The molecule has 0 radical (unpaired) electrons. The Kier molecular flexibility index (Phi) is 7.31. The van der Waals surface area contributed by atoms with Gasteiger partial charge in [0, 0.05) is 12.7 Å². The zero-order valence-electron chi connectivity index (χ0n) is 21.1. The van der Waals surface area contributed by atoms with E-state index in [1.54, 1.807) is 30.3 Å². The number of ether oxygens (including phenoxy) is 2. The fraction of sp³-hybridized carbons (Fsp3) is 0.172. The van der Waals surface area contributed by atoms with E-state index in [1.165, 1.54) is 16.2 Å². The topological polar surface area (TPSA) is 73.1 Å². The van der Waals surface area contributed by atoms with Crippen molar-refractivity contribution in [2.75, 3.05) is 13.7 Å². The first-order valence-corrected chi connectivity index (χ1v) is 13.2. The number of pyridine rings is 1. The Labute approximate surface area is 229 Å². The van der Waals surface area contributed by atoms with E-state index in [2.05, 4.69) is 4.98 Å². The van der Waals surface area contributed by atoms with Crippen LogP contribution in [0.25, 0.3) is 11.7 Å². The summed E-state index contributed by atoms with van der Waals surface area (Å²) in [6.07, 6.45) is 3.84. The first-order chi connectivity index (χ1) is 18.4. The van der Waals surface area contributed by atoms with Crippen LogP contribution in [0.3, 0.4) is 0 Å². The molecule has 7 nitrogen and oxygen atoms in total. The van der Waals surface area contributed by atoms with E-state index in [0.717, 1.165) is 22.4 Å². The Balaban J connectivity index is 1.50. The molecule has 1 fully saturated rings. The van der Waals surface area contributed by atoms with Gasteiger partial charge in [0.1, 0.15) is 27.0 Å². The van der Waals surface area contributed by atoms with Crippen LogP contribution in [0.15, 0.2) is 76.6 Å². The Morgan fingerprint density at radius 1 is 1.00 bits per heavy atom. The van der Waals surface area contributed by atoms with Gasteiger partial charge in [-0.1, -0.05) is 60.4 Å². The molecule has 0 aliphatic carbocycles. The second-order valence-corrected chi connectivity index (χ2v) is 10.5. The van der Waals surface area contributed by atoms with Crippen LogP contribution in [-0.4, -0.2) is 38.2 Å². The minimum Gasteiger partial charge on any atom is -0.497 e. The molecule has 4 aromatic rings. The molecular formula is C29H25N3O4S2. The molecule has 0 spiro atoms. The van der Waals surface area contributed by atoms with E-state index in [1.807, 2.05) is 68.4 Å². The van der Waals surface area contributed by atoms with Crippen molar-refractivity contribution in [1.82, 2.24) is 14.3 Å². The lowest BCUT2D eigenvalue weighted by molar-refractivity contribution is -0.122. The summed E-state index contributed by atoms with van der Waals surface area (Å²) in [5.74, 6) is 1.25. The van der Waals surface area contributed by atoms with Gasteiger partial charge in [-0.3, -0.25) is 18.9 Å². The summed E-state index contributed by atoms with van der Waals surface area (Å²) in [4.78, 5) is 33.6. The zero-order chi connectivity index (χ0) is 26.8. The standard InChI is InChI=1S/C29H25N3O4S2/c1-18-7-4-5-9-23(18)36-26-22(27(33)31-15-6-8-19(2)25(31)30-26)17-24-28(34)32(29(37)38-24)16-14-20-10-12-21(35-3)13-11-20/h4-13,15,17H,14,16H2,1-3H3/b24-17+. The molecule has 1 saturated heterocycles. The minimum atomic E-state index is -0.328. The molecule has 1 aliphatic heterocycles. The minimum absolute atomic E-state index is 0.141. The molecule has 2 aromatic carbocycles. The van der Waals surface area contributed by atoms with Crippen molar-refractivity contribution in [1.29, 1.82) is 0 Å². The van der Waals surface area contributed by atoms with Gasteiger partial charge in [0.05, 0.1) is 12.0 Å². The highest BCUT2D eigenvalue weighted by Gasteiger charge is 2.32. The number of aryl methyl sites for hydroxylation is 2. The third-order valence-corrected chi connectivity index (χ3v) is 7.66. The molecule has 0 N–H and O–H groups in total. The molecule has 9 heteroatoms. The van der Waals surface area contributed by atoms with Gasteiger partial charge < -0.3 is 9.47 Å². The van der Waals surface area contributed by atoms with Crippen molar-refractivity contribution in [3.8, 4) is 17.4 Å². The lowest BCUT2D eigenvalue weighted by Crippen LogP contribution is -2.30. The second kappa shape index (κ2) is 10.8. The number of nitrogens with zero attached hydrogens (tertiary/aromatic N) is 3. The number of carbonyl (C=O) groups excluding carboxylic acids is 1. The van der Waals surface area contributed by atoms with Gasteiger partial charge in [-0.15, -0.1) is 0 Å². The van der Waals surface area contributed by atoms with Crippen LogP contribution < -0.4 is 15.0 Å². The number of para-hydroxylation sites is 1. The quantitative estimate of drug-likeness (QED) is 0.223. The fourth-order valence-corrected chi connectivity index (χ4v) is 5.42. The number of thioether (sulfide) groups is 1. The summed E-state index contributed by atoms with van der Waals surface area (Å²) in [6.45, 7) is 4.23. The molecule has 2 aromatic heterocycles. The number of rotatable bonds is 7. The smallest absolute Gasteiger partial charge is 0.269 e. The van der Waals surface area contributed by atoms with Gasteiger partial charge in [0.2, 0.25) is 5.88 Å². The van der Waals surface area contributed by atoms with Gasteiger partial charge in [-0.05, 0) is 67.3 Å². The number of hydrogen-bond acceptors (Lipinski definition) is 7. The maximum atomic E-state index is 13.6. The molecule has 3 heterocycles. The lowest BCUT2D eigenvalue weighted by atomic mass is 10.1. The van der Waals surface area contributed by atoms with E-state index < -0.39 is 0 Å². The van der Waals surface area contributed by atoms with Crippen LogP contribution in [0.1, 0.15) is 22.3 Å².